The highest BCUT2D eigenvalue weighted by Crippen LogP contribution is 2.21. The molecule has 1 aliphatic rings. The maximum absolute atomic E-state index is 4.26. The molecule has 1 N–H and O–H groups in total. The molecule has 5 nitrogen and oxygen atoms in total. The van der Waals surface area contributed by atoms with Crippen molar-refractivity contribution in [2.24, 2.45) is 0 Å². The van der Waals surface area contributed by atoms with Crippen LogP contribution < -0.4 is 10.2 Å². The van der Waals surface area contributed by atoms with Crippen molar-refractivity contribution in [3.8, 4) is 0 Å². The molecule has 1 saturated heterocycles. The Morgan fingerprint density at radius 2 is 2.16 bits per heavy atom. The van der Waals surface area contributed by atoms with Gasteiger partial charge in [0.2, 0.25) is 0 Å². The molecule has 5 heteroatoms. The summed E-state index contributed by atoms with van der Waals surface area (Å²) in [5, 5.41) is 11.8. The molecule has 2 aromatic rings. The number of hydrogen-bond acceptors (Lipinski definition) is 4. The van der Waals surface area contributed by atoms with E-state index in [0.717, 1.165) is 50.2 Å². The minimum atomic E-state index is 0.840. The minimum absolute atomic E-state index is 0.840. The lowest BCUT2D eigenvalue weighted by molar-refractivity contribution is 0.589. The second kappa shape index (κ2) is 5.40. The van der Waals surface area contributed by atoms with Crippen LogP contribution in [0.4, 0.5) is 5.69 Å². The Labute approximate surface area is 112 Å². The molecule has 3 rings (SSSR count). The van der Waals surface area contributed by atoms with Crippen LogP contribution in [0.25, 0.3) is 11.0 Å². The number of aromatic nitrogens is 3. The molecule has 19 heavy (non-hydrogen) atoms. The number of piperazine rings is 1. The number of allylic oxidation sites excluding steroid dienone is 1. The summed E-state index contributed by atoms with van der Waals surface area (Å²) < 4.78 is 1.94. The number of anilines is 1. The van der Waals surface area contributed by atoms with Crippen LogP contribution in [0.3, 0.4) is 0 Å². The Kier molecular flexibility index (Phi) is 3.46. The predicted octanol–water partition coefficient (Wildman–Crippen LogP) is 1.42. The summed E-state index contributed by atoms with van der Waals surface area (Å²) in [6.07, 6.45) is 2.82. The zero-order valence-electron chi connectivity index (χ0n) is 11.0. The van der Waals surface area contributed by atoms with Gasteiger partial charge in [0.1, 0.15) is 5.52 Å². The summed E-state index contributed by atoms with van der Waals surface area (Å²) in [6, 6.07) is 6.43. The first kappa shape index (κ1) is 12.2. The van der Waals surface area contributed by atoms with Gasteiger partial charge < -0.3 is 10.2 Å². The van der Waals surface area contributed by atoms with E-state index in [2.05, 4.69) is 45.3 Å². The number of rotatable bonds is 4. The standard InChI is InChI=1S/C14H19N5/c1-2-3-8-19-14-5-4-12(11-13(14)16-17-19)18-9-6-15-7-10-18/h2,4-5,11,15H,1,3,6-10H2. The van der Waals surface area contributed by atoms with Gasteiger partial charge in [0.05, 0.1) is 5.52 Å². The first-order valence-corrected chi connectivity index (χ1v) is 6.78. The van der Waals surface area contributed by atoms with Gasteiger partial charge in [-0.3, -0.25) is 0 Å². The van der Waals surface area contributed by atoms with E-state index >= 15 is 0 Å². The first-order chi connectivity index (χ1) is 9.38. The van der Waals surface area contributed by atoms with Gasteiger partial charge >= 0.3 is 0 Å². The second-order valence-electron chi connectivity index (χ2n) is 4.80. The van der Waals surface area contributed by atoms with E-state index in [-0.39, 0.29) is 0 Å². The number of nitrogens with one attached hydrogen (secondary N) is 1. The molecule has 0 saturated carbocycles. The zero-order chi connectivity index (χ0) is 13.1. The minimum Gasteiger partial charge on any atom is -0.369 e. The smallest absolute Gasteiger partial charge is 0.115 e. The first-order valence-electron chi connectivity index (χ1n) is 6.78. The largest absolute Gasteiger partial charge is 0.369 e. The number of hydrogen-bond donors (Lipinski definition) is 1. The molecular weight excluding hydrogens is 238 g/mol. The fraction of sp³-hybridized carbons (Fsp3) is 0.429. The van der Waals surface area contributed by atoms with Crippen LogP contribution in [0.5, 0.6) is 0 Å². The lowest BCUT2D eigenvalue weighted by Gasteiger charge is -2.29. The van der Waals surface area contributed by atoms with Gasteiger partial charge in [-0.2, -0.15) is 0 Å². The van der Waals surface area contributed by atoms with Crippen molar-refractivity contribution in [2.45, 2.75) is 13.0 Å². The van der Waals surface area contributed by atoms with Crippen LogP contribution >= 0.6 is 0 Å². The van der Waals surface area contributed by atoms with E-state index < -0.39 is 0 Å². The third kappa shape index (κ3) is 2.46. The maximum atomic E-state index is 4.26. The number of aryl methyl sites for hydroxylation is 1. The summed E-state index contributed by atoms with van der Waals surface area (Å²) in [6.45, 7) is 8.78. The topological polar surface area (TPSA) is 46.0 Å². The molecule has 0 radical (unpaired) electrons. The molecule has 0 bridgehead atoms. The van der Waals surface area contributed by atoms with Crippen LogP contribution in [0.2, 0.25) is 0 Å². The highest BCUT2D eigenvalue weighted by Gasteiger charge is 2.12. The van der Waals surface area contributed by atoms with E-state index in [4.69, 9.17) is 0 Å². The molecule has 1 aromatic carbocycles. The van der Waals surface area contributed by atoms with Gasteiger partial charge in [0.25, 0.3) is 0 Å². The molecule has 0 amide bonds. The van der Waals surface area contributed by atoms with Crippen LogP contribution in [-0.4, -0.2) is 41.2 Å². The Morgan fingerprint density at radius 1 is 1.32 bits per heavy atom. The number of nitrogens with zero attached hydrogens (tertiary/aromatic N) is 4. The summed E-state index contributed by atoms with van der Waals surface area (Å²) in [4.78, 5) is 2.39. The molecule has 0 unspecified atom stereocenters. The Balaban J connectivity index is 1.87. The van der Waals surface area contributed by atoms with Crippen molar-refractivity contribution in [3.05, 3.63) is 30.9 Å². The zero-order valence-corrected chi connectivity index (χ0v) is 11.0. The Hall–Kier alpha value is -1.88. The molecule has 0 spiro atoms. The van der Waals surface area contributed by atoms with Crippen LogP contribution in [-0.2, 0) is 6.54 Å². The monoisotopic (exact) mass is 257 g/mol. The normalized spacial score (nSPS) is 15.9. The molecule has 2 heterocycles. The van der Waals surface area contributed by atoms with E-state index in [1.54, 1.807) is 0 Å². The average Bonchev–Trinajstić information content (AvgIpc) is 2.88. The van der Waals surface area contributed by atoms with Gasteiger partial charge in [-0.05, 0) is 24.6 Å². The number of fused-ring (bicyclic) bond motifs is 1. The van der Waals surface area contributed by atoms with Crippen LogP contribution in [0, 0.1) is 0 Å². The van der Waals surface area contributed by atoms with E-state index in [0.29, 0.717) is 0 Å². The van der Waals surface area contributed by atoms with Crippen molar-refractivity contribution >= 4 is 16.7 Å². The van der Waals surface area contributed by atoms with E-state index in [9.17, 15) is 0 Å². The summed E-state index contributed by atoms with van der Waals surface area (Å²) in [5.74, 6) is 0. The van der Waals surface area contributed by atoms with Crippen molar-refractivity contribution < 1.29 is 0 Å². The fourth-order valence-electron chi connectivity index (χ4n) is 2.46. The summed E-state index contributed by atoms with van der Waals surface area (Å²) in [5.41, 5.74) is 3.31. The van der Waals surface area contributed by atoms with E-state index in [1.807, 2.05) is 10.8 Å². The highest BCUT2D eigenvalue weighted by atomic mass is 15.4. The maximum Gasteiger partial charge on any atom is 0.115 e. The Morgan fingerprint density at radius 3 is 2.95 bits per heavy atom. The van der Waals surface area contributed by atoms with Crippen LogP contribution in [0.1, 0.15) is 6.42 Å². The molecule has 1 aromatic heterocycles. The lowest BCUT2D eigenvalue weighted by Crippen LogP contribution is -2.43. The van der Waals surface area contributed by atoms with Gasteiger partial charge in [-0.15, -0.1) is 11.7 Å². The summed E-state index contributed by atoms with van der Waals surface area (Å²) >= 11 is 0. The Bertz CT molecular complexity index is 568. The third-order valence-electron chi connectivity index (χ3n) is 3.52. The highest BCUT2D eigenvalue weighted by molar-refractivity contribution is 5.79. The molecule has 100 valence electrons. The molecule has 0 atom stereocenters. The SMILES string of the molecule is C=CCCn1nnc2cc(N3CCNCC3)ccc21. The predicted molar refractivity (Wildman–Crippen MR) is 77.4 cm³/mol. The number of benzene rings is 1. The summed E-state index contributed by atoms with van der Waals surface area (Å²) in [7, 11) is 0. The third-order valence-corrected chi connectivity index (χ3v) is 3.52. The molecule has 1 fully saturated rings. The van der Waals surface area contributed by atoms with Crippen LogP contribution in [0.15, 0.2) is 30.9 Å². The van der Waals surface area contributed by atoms with E-state index in [1.165, 1.54) is 5.69 Å². The fourth-order valence-corrected chi connectivity index (χ4v) is 2.46. The van der Waals surface area contributed by atoms with Gasteiger partial charge in [-0.1, -0.05) is 11.3 Å². The van der Waals surface area contributed by atoms with Gasteiger partial charge in [0, 0.05) is 38.4 Å². The molecule has 1 aliphatic heterocycles. The average molecular weight is 257 g/mol. The van der Waals surface area contributed by atoms with Gasteiger partial charge in [-0.25, -0.2) is 4.68 Å². The second-order valence-corrected chi connectivity index (χ2v) is 4.80. The molecular formula is C14H19N5. The van der Waals surface area contributed by atoms with Crippen molar-refractivity contribution in [2.75, 3.05) is 31.1 Å². The van der Waals surface area contributed by atoms with Crippen molar-refractivity contribution in [1.29, 1.82) is 0 Å². The molecule has 0 aliphatic carbocycles. The lowest BCUT2D eigenvalue weighted by atomic mass is 10.2. The quantitative estimate of drug-likeness (QED) is 0.841. The van der Waals surface area contributed by atoms with Gasteiger partial charge in [0.15, 0.2) is 0 Å². The van der Waals surface area contributed by atoms with Crippen molar-refractivity contribution in [3.63, 3.8) is 0 Å². The van der Waals surface area contributed by atoms with Crippen molar-refractivity contribution in [1.82, 2.24) is 20.3 Å².